The highest BCUT2D eigenvalue weighted by molar-refractivity contribution is 14.1. The quantitative estimate of drug-likeness (QED) is 0.255. The molecule has 0 spiro atoms. The Morgan fingerprint density at radius 2 is 2.16 bits per heavy atom. The maximum absolute atomic E-state index is 11.6. The number of amides is 1. The van der Waals surface area contributed by atoms with Gasteiger partial charge in [-0.3, -0.25) is 9.36 Å². The molecule has 3 aromatic rings. The van der Waals surface area contributed by atoms with Gasteiger partial charge in [-0.1, -0.05) is 12.1 Å². The summed E-state index contributed by atoms with van der Waals surface area (Å²) in [6, 6.07) is 7.51. The fourth-order valence-corrected chi connectivity index (χ4v) is 4.51. The zero-order valence-electron chi connectivity index (χ0n) is 16.4. The molecule has 1 amide bonds. The lowest BCUT2D eigenvalue weighted by Crippen LogP contribution is -2.47. The number of imidazole rings is 1. The van der Waals surface area contributed by atoms with Gasteiger partial charge in [0.2, 0.25) is 5.91 Å². The monoisotopic (exact) mass is 540 g/mol. The van der Waals surface area contributed by atoms with Gasteiger partial charge in [-0.15, -0.1) is 0 Å². The third kappa shape index (κ3) is 3.63. The molecule has 1 fully saturated rings. The minimum Gasteiger partial charge on any atom is -0.387 e. The summed E-state index contributed by atoms with van der Waals surface area (Å²) in [5.41, 5.74) is 5.15. The summed E-state index contributed by atoms with van der Waals surface area (Å²) in [6.07, 6.45) is -3.54. The molecule has 2 aromatic heterocycles. The molecule has 4 rings (SSSR count). The van der Waals surface area contributed by atoms with Crippen molar-refractivity contribution in [2.75, 3.05) is 12.4 Å². The average molecular weight is 540 g/mol. The van der Waals surface area contributed by atoms with Crippen molar-refractivity contribution >= 4 is 45.5 Å². The topological polar surface area (TPSA) is 169 Å². The average Bonchev–Trinajstić information content (AvgIpc) is 3.29. The van der Waals surface area contributed by atoms with E-state index in [2.05, 4.69) is 42.9 Å². The van der Waals surface area contributed by atoms with E-state index in [-0.39, 0.29) is 6.42 Å². The molecule has 1 aromatic carbocycles. The Labute approximate surface area is 190 Å². The summed E-state index contributed by atoms with van der Waals surface area (Å²) in [7, 11) is 1.69. The van der Waals surface area contributed by atoms with E-state index < -0.39 is 36.0 Å². The van der Waals surface area contributed by atoms with Gasteiger partial charge in [0.15, 0.2) is 28.8 Å². The fraction of sp³-hybridized carbons (Fsp3) is 0.368. The standard InChI is InChI=1S/C19H21IN6O5/c1-22-17-11-18(24-7-23-17)26(8-25-11)19(6-9-3-2-4-10(20)5-9)15(29)12(27)14(31-19)13(28)16(21)30/h2-5,7-8,12-15,27-29H,6H2,1H3,(H2,21,30)(H,22,23,24)/t12-,13?,14+,15-,19-/m1/s1. The molecular formula is C19H21IN6O5. The summed E-state index contributed by atoms with van der Waals surface area (Å²) in [6.45, 7) is 0. The Balaban J connectivity index is 1.89. The lowest BCUT2D eigenvalue weighted by molar-refractivity contribution is -0.165. The summed E-state index contributed by atoms with van der Waals surface area (Å²) in [4.78, 5) is 24.4. The number of primary amides is 1. The number of anilines is 1. The minimum atomic E-state index is -1.82. The molecule has 1 aliphatic heterocycles. The van der Waals surface area contributed by atoms with E-state index in [0.29, 0.717) is 17.0 Å². The molecule has 31 heavy (non-hydrogen) atoms. The number of carbonyl (C=O) groups excluding carboxylic acids is 1. The molecule has 0 radical (unpaired) electrons. The van der Waals surface area contributed by atoms with Gasteiger partial charge >= 0.3 is 0 Å². The molecule has 1 aliphatic rings. The van der Waals surface area contributed by atoms with Crippen LogP contribution in [0.2, 0.25) is 0 Å². The van der Waals surface area contributed by atoms with Gasteiger partial charge in [0.25, 0.3) is 0 Å². The van der Waals surface area contributed by atoms with Gasteiger partial charge in [0, 0.05) is 17.0 Å². The summed E-state index contributed by atoms with van der Waals surface area (Å²) >= 11 is 2.16. The number of nitrogens with one attached hydrogen (secondary N) is 1. The van der Waals surface area contributed by atoms with Crippen LogP contribution in [-0.4, -0.2) is 72.2 Å². The SMILES string of the molecule is CNc1ncnc2c1ncn2[C@]1(Cc2cccc(I)c2)O[C@H](C(O)C(N)=O)[C@@H](O)[C@H]1O. The van der Waals surface area contributed by atoms with Crippen molar-refractivity contribution < 1.29 is 24.9 Å². The first-order chi connectivity index (χ1) is 14.8. The highest BCUT2D eigenvalue weighted by atomic mass is 127. The number of nitrogens with two attached hydrogens (primary N) is 1. The summed E-state index contributed by atoms with van der Waals surface area (Å²) < 4.78 is 8.51. The van der Waals surface area contributed by atoms with Crippen molar-refractivity contribution in [3.63, 3.8) is 0 Å². The number of hydrogen-bond acceptors (Lipinski definition) is 9. The van der Waals surface area contributed by atoms with Crippen molar-refractivity contribution in [1.29, 1.82) is 0 Å². The molecule has 5 atom stereocenters. The normalized spacial score (nSPS) is 26.8. The van der Waals surface area contributed by atoms with Crippen LogP contribution < -0.4 is 11.1 Å². The maximum Gasteiger partial charge on any atom is 0.249 e. The second-order valence-electron chi connectivity index (χ2n) is 7.28. The number of hydrogen-bond donors (Lipinski definition) is 5. The first-order valence-corrected chi connectivity index (χ1v) is 10.5. The second-order valence-corrected chi connectivity index (χ2v) is 8.52. The van der Waals surface area contributed by atoms with Gasteiger partial charge in [-0.2, -0.15) is 0 Å². The number of aromatic nitrogens is 4. The molecule has 1 unspecified atom stereocenters. The van der Waals surface area contributed by atoms with E-state index in [1.165, 1.54) is 17.2 Å². The van der Waals surface area contributed by atoms with Crippen LogP contribution in [0.5, 0.6) is 0 Å². The van der Waals surface area contributed by atoms with Gasteiger partial charge in [0.1, 0.15) is 24.6 Å². The van der Waals surface area contributed by atoms with E-state index >= 15 is 0 Å². The van der Waals surface area contributed by atoms with Crippen LogP contribution in [0.15, 0.2) is 36.9 Å². The van der Waals surface area contributed by atoms with E-state index in [9.17, 15) is 20.1 Å². The van der Waals surface area contributed by atoms with Crippen LogP contribution in [0.1, 0.15) is 5.56 Å². The van der Waals surface area contributed by atoms with Crippen molar-refractivity contribution in [1.82, 2.24) is 19.5 Å². The van der Waals surface area contributed by atoms with Crippen molar-refractivity contribution in [3.05, 3.63) is 46.1 Å². The van der Waals surface area contributed by atoms with E-state index in [4.69, 9.17) is 10.5 Å². The maximum atomic E-state index is 11.6. The molecule has 0 aliphatic carbocycles. The van der Waals surface area contributed by atoms with Crippen molar-refractivity contribution in [3.8, 4) is 0 Å². The zero-order valence-corrected chi connectivity index (χ0v) is 18.5. The lowest BCUT2D eigenvalue weighted by Gasteiger charge is -2.34. The number of aliphatic hydroxyl groups excluding tert-OH is 3. The number of benzene rings is 1. The fourth-order valence-electron chi connectivity index (χ4n) is 3.90. The largest absolute Gasteiger partial charge is 0.387 e. The number of aliphatic hydroxyl groups is 3. The van der Waals surface area contributed by atoms with Crippen LogP contribution in [0.25, 0.3) is 11.2 Å². The number of nitrogens with zero attached hydrogens (tertiary/aromatic N) is 4. The first kappa shape index (κ1) is 21.8. The molecule has 1 saturated heterocycles. The van der Waals surface area contributed by atoms with Crippen molar-refractivity contribution in [2.24, 2.45) is 5.73 Å². The second kappa shape index (κ2) is 8.27. The molecule has 6 N–H and O–H groups in total. The Kier molecular flexibility index (Phi) is 5.83. The van der Waals surface area contributed by atoms with Crippen molar-refractivity contribution in [2.45, 2.75) is 36.6 Å². The van der Waals surface area contributed by atoms with Gasteiger partial charge in [-0.25, -0.2) is 15.0 Å². The van der Waals surface area contributed by atoms with Crippen LogP contribution in [-0.2, 0) is 21.7 Å². The highest BCUT2D eigenvalue weighted by Gasteiger charge is 2.58. The number of halogens is 1. The Bertz CT molecular complexity index is 1130. The number of ether oxygens (including phenoxy) is 1. The molecule has 0 saturated carbocycles. The predicted molar refractivity (Wildman–Crippen MR) is 118 cm³/mol. The smallest absolute Gasteiger partial charge is 0.249 e. The minimum absolute atomic E-state index is 0.0917. The summed E-state index contributed by atoms with van der Waals surface area (Å²) in [5, 5.41) is 35.0. The molecule has 11 nitrogen and oxygen atoms in total. The Hall–Kier alpha value is -2.39. The third-order valence-electron chi connectivity index (χ3n) is 5.39. The number of carbonyl (C=O) groups is 1. The third-order valence-corrected chi connectivity index (χ3v) is 6.06. The van der Waals surface area contributed by atoms with Crippen LogP contribution in [0, 0.1) is 3.57 Å². The van der Waals surface area contributed by atoms with Gasteiger partial charge < -0.3 is 31.1 Å². The highest BCUT2D eigenvalue weighted by Crippen LogP contribution is 2.41. The van der Waals surface area contributed by atoms with Gasteiger partial charge in [-0.05, 0) is 40.3 Å². The van der Waals surface area contributed by atoms with Crippen LogP contribution >= 0.6 is 22.6 Å². The number of rotatable bonds is 6. The lowest BCUT2D eigenvalue weighted by atomic mass is 9.94. The zero-order chi connectivity index (χ0) is 22.3. The molecule has 12 heteroatoms. The Morgan fingerprint density at radius 3 is 2.84 bits per heavy atom. The predicted octanol–water partition coefficient (Wildman–Crippen LogP) is -0.665. The van der Waals surface area contributed by atoms with Crippen LogP contribution in [0.4, 0.5) is 5.82 Å². The van der Waals surface area contributed by atoms with E-state index in [1.54, 1.807) is 7.05 Å². The van der Waals surface area contributed by atoms with Crippen LogP contribution in [0.3, 0.4) is 0 Å². The summed E-state index contributed by atoms with van der Waals surface area (Å²) in [5.74, 6) is -0.605. The van der Waals surface area contributed by atoms with E-state index in [0.717, 1.165) is 9.13 Å². The molecular weight excluding hydrogens is 519 g/mol. The van der Waals surface area contributed by atoms with Gasteiger partial charge in [0.05, 0.1) is 6.33 Å². The Morgan fingerprint density at radius 1 is 1.39 bits per heavy atom. The number of fused-ring (bicyclic) bond motifs is 1. The van der Waals surface area contributed by atoms with E-state index in [1.807, 2.05) is 24.3 Å². The first-order valence-electron chi connectivity index (χ1n) is 9.40. The molecule has 3 heterocycles. The molecule has 164 valence electrons. The molecule has 0 bridgehead atoms.